The zero-order chi connectivity index (χ0) is 7.56. The Morgan fingerprint density at radius 1 is 1.30 bits per heavy atom. The van der Waals surface area contributed by atoms with Gasteiger partial charge >= 0.3 is 0 Å². The van der Waals surface area contributed by atoms with Crippen LogP contribution in [0.5, 0.6) is 5.75 Å². The van der Waals surface area contributed by atoms with Gasteiger partial charge in [-0.1, -0.05) is 29.3 Å². The fourth-order valence-corrected chi connectivity index (χ4v) is 1.37. The molecule has 0 unspecified atom stereocenters. The predicted octanol–water partition coefficient (Wildman–Crippen LogP) is 3.72. The SMILES string of the molecule is Clc1cccc(OI)c1Cl. The van der Waals surface area contributed by atoms with Crippen LogP contribution in [0.25, 0.3) is 0 Å². The molecule has 1 rings (SSSR count). The van der Waals surface area contributed by atoms with Crippen LogP contribution in [0, 0.1) is 0 Å². The highest BCUT2D eigenvalue weighted by molar-refractivity contribution is 14.1. The Morgan fingerprint density at radius 2 is 2.00 bits per heavy atom. The van der Waals surface area contributed by atoms with Crippen LogP contribution in [0.4, 0.5) is 0 Å². The fraction of sp³-hybridized carbons (Fsp3) is 0. The summed E-state index contributed by atoms with van der Waals surface area (Å²) in [5, 5.41) is 0.967. The second-order valence-corrected chi connectivity index (χ2v) is 2.85. The largest absolute Gasteiger partial charge is 0.426 e. The maximum Gasteiger partial charge on any atom is 0.192 e. The maximum absolute atomic E-state index is 5.73. The third-order valence-corrected chi connectivity index (χ3v) is 2.28. The van der Waals surface area contributed by atoms with Crippen molar-refractivity contribution in [3.63, 3.8) is 0 Å². The van der Waals surface area contributed by atoms with Gasteiger partial charge in [-0.05, 0) is 12.1 Å². The summed E-state index contributed by atoms with van der Waals surface area (Å²) >= 11 is 13.2. The molecule has 0 aliphatic heterocycles. The first-order valence-electron chi connectivity index (χ1n) is 2.48. The number of hydrogen-bond donors (Lipinski definition) is 0. The van der Waals surface area contributed by atoms with Gasteiger partial charge in [0.1, 0.15) is 5.02 Å². The molecule has 0 N–H and O–H groups in total. The lowest BCUT2D eigenvalue weighted by Crippen LogP contribution is -1.75. The van der Waals surface area contributed by atoms with E-state index in [1.807, 2.05) is 0 Å². The minimum absolute atomic E-state index is 0.457. The monoisotopic (exact) mass is 288 g/mol. The lowest BCUT2D eigenvalue weighted by Gasteiger charge is -1.99. The van der Waals surface area contributed by atoms with Crippen molar-refractivity contribution in [2.75, 3.05) is 0 Å². The van der Waals surface area contributed by atoms with E-state index in [4.69, 9.17) is 26.3 Å². The van der Waals surface area contributed by atoms with Crippen LogP contribution in [-0.2, 0) is 0 Å². The molecule has 0 spiro atoms. The van der Waals surface area contributed by atoms with Gasteiger partial charge in [0.2, 0.25) is 0 Å². The number of benzene rings is 1. The molecule has 0 radical (unpaired) electrons. The van der Waals surface area contributed by atoms with Gasteiger partial charge in [-0.2, -0.15) is 0 Å². The van der Waals surface area contributed by atoms with Gasteiger partial charge in [-0.15, -0.1) is 0 Å². The summed E-state index contributed by atoms with van der Waals surface area (Å²) in [6.45, 7) is 0. The first kappa shape index (κ1) is 8.43. The van der Waals surface area contributed by atoms with Crippen molar-refractivity contribution in [2.45, 2.75) is 0 Å². The minimum Gasteiger partial charge on any atom is -0.426 e. The molecule has 4 heteroatoms. The molecule has 0 amide bonds. The molecule has 0 heterocycles. The Morgan fingerprint density at radius 3 is 2.50 bits per heavy atom. The first-order chi connectivity index (χ1) is 4.75. The standard InChI is InChI=1S/C6H3Cl2IO/c7-4-2-1-3-5(10-9)6(4)8/h1-3H. The average molecular weight is 289 g/mol. The highest BCUT2D eigenvalue weighted by atomic mass is 127. The molecule has 0 aliphatic carbocycles. The molecule has 0 aromatic heterocycles. The number of hydrogen-bond acceptors (Lipinski definition) is 1. The molecule has 0 fully saturated rings. The van der Waals surface area contributed by atoms with Crippen LogP contribution in [0.3, 0.4) is 0 Å². The molecule has 0 atom stereocenters. The summed E-state index contributed by atoms with van der Waals surface area (Å²) in [7, 11) is 0. The van der Waals surface area contributed by atoms with Gasteiger partial charge < -0.3 is 3.07 Å². The third kappa shape index (κ3) is 1.68. The summed E-state index contributed by atoms with van der Waals surface area (Å²) in [5.74, 6) is 0.592. The second-order valence-electron chi connectivity index (χ2n) is 1.63. The van der Waals surface area contributed by atoms with Gasteiger partial charge in [0, 0.05) is 0 Å². The van der Waals surface area contributed by atoms with Gasteiger partial charge in [0.25, 0.3) is 0 Å². The van der Waals surface area contributed by atoms with E-state index in [1.165, 1.54) is 0 Å². The fourth-order valence-electron chi connectivity index (χ4n) is 0.544. The molecule has 54 valence electrons. The van der Waals surface area contributed by atoms with Crippen molar-refractivity contribution >= 4 is 46.2 Å². The third-order valence-electron chi connectivity index (χ3n) is 0.999. The molecule has 0 bridgehead atoms. The van der Waals surface area contributed by atoms with E-state index in [0.717, 1.165) is 0 Å². The Kier molecular flexibility index (Phi) is 3.07. The van der Waals surface area contributed by atoms with E-state index in [2.05, 4.69) is 0 Å². The Balaban J connectivity index is 3.14. The zero-order valence-electron chi connectivity index (χ0n) is 4.77. The van der Waals surface area contributed by atoms with E-state index >= 15 is 0 Å². The van der Waals surface area contributed by atoms with Crippen LogP contribution < -0.4 is 3.07 Å². The van der Waals surface area contributed by atoms with Crippen LogP contribution in [0.1, 0.15) is 0 Å². The van der Waals surface area contributed by atoms with E-state index in [-0.39, 0.29) is 0 Å². The molecule has 1 aromatic rings. The van der Waals surface area contributed by atoms with Gasteiger partial charge in [-0.25, -0.2) is 0 Å². The lowest BCUT2D eigenvalue weighted by atomic mass is 10.3. The van der Waals surface area contributed by atoms with Crippen molar-refractivity contribution in [1.82, 2.24) is 0 Å². The van der Waals surface area contributed by atoms with Crippen LogP contribution in [0.15, 0.2) is 18.2 Å². The molecule has 0 saturated heterocycles. The summed E-state index contributed by atoms with van der Waals surface area (Å²) in [6, 6.07) is 5.24. The van der Waals surface area contributed by atoms with Crippen LogP contribution in [0.2, 0.25) is 10.0 Å². The van der Waals surface area contributed by atoms with Crippen molar-refractivity contribution in [3.8, 4) is 5.75 Å². The minimum atomic E-state index is 0.457. The Bertz CT molecular complexity index is 239. The maximum atomic E-state index is 5.73. The molecule has 0 aliphatic rings. The van der Waals surface area contributed by atoms with Crippen molar-refractivity contribution < 1.29 is 3.07 Å². The van der Waals surface area contributed by atoms with Gasteiger partial charge in [0.05, 0.1) is 5.02 Å². The second kappa shape index (κ2) is 3.64. The topological polar surface area (TPSA) is 9.23 Å². The highest BCUT2D eigenvalue weighted by Crippen LogP contribution is 2.32. The summed E-state index contributed by atoms with van der Waals surface area (Å²) in [4.78, 5) is 0. The van der Waals surface area contributed by atoms with Crippen LogP contribution in [-0.4, -0.2) is 0 Å². The summed E-state index contributed by atoms with van der Waals surface area (Å²) < 4.78 is 4.88. The van der Waals surface area contributed by atoms with E-state index in [9.17, 15) is 0 Å². The molecular formula is C6H3Cl2IO. The van der Waals surface area contributed by atoms with Crippen molar-refractivity contribution in [1.29, 1.82) is 0 Å². The van der Waals surface area contributed by atoms with E-state index in [1.54, 1.807) is 41.2 Å². The molecule has 1 nitrogen and oxygen atoms in total. The molecule has 10 heavy (non-hydrogen) atoms. The molecule has 0 saturated carbocycles. The van der Waals surface area contributed by atoms with Gasteiger partial charge in [-0.3, -0.25) is 0 Å². The molecular weight excluding hydrogens is 286 g/mol. The summed E-state index contributed by atoms with van der Waals surface area (Å²) in [5.41, 5.74) is 0. The summed E-state index contributed by atoms with van der Waals surface area (Å²) in [6.07, 6.45) is 0. The first-order valence-corrected chi connectivity index (χ1v) is 4.12. The lowest BCUT2D eigenvalue weighted by molar-refractivity contribution is 0.717. The normalized spacial score (nSPS) is 9.50. The van der Waals surface area contributed by atoms with Crippen molar-refractivity contribution in [2.24, 2.45) is 0 Å². The Hall–Kier alpha value is 0.330. The number of rotatable bonds is 1. The van der Waals surface area contributed by atoms with Crippen LogP contribution >= 0.6 is 46.2 Å². The van der Waals surface area contributed by atoms with Crippen molar-refractivity contribution in [3.05, 3.63) is 28.2 Å². The predicted molar refractivity (Wildman–Crippen MR) is 51.1 cm³/mol. The Labute approximate surface area is 83.0 Å². The highest BCUT2D eigenvalue weighted by Gasteiger charge is 2.02. The number of halogens is 3. The van der Waals surface area contributed by atoms with E-state index in [0.29, 0.717) is 15.8 Å². The average Bonchev–Trinajstić information content (AvgIpc) is 1.95. The van der Waals surface area contributed by atoms with Gasteiger partial charge in [0.15, 0.2) is 28.8 Å². The quantitative estimate of drug-likeness (QED) is 0.716. The van der Waals surface area contributed by atoms with E-state index < -0.39 is 0 Å². The smallest absolute Gasteiger partial charge is 0.192 e. The zero-order valence-corrected chi connectivity index (χ0v) is 8.44. The molecule has 1 aromatic carbocycles.